The van der Waals surface area contributed by atoms with Crippen LogP contribution < -0.4 is 16.1 Å². The Kier molecular flexibility index (Phi) is 4.69. The smallest absolute Gasteiger partial charge is 0.347 e. The third kappa shape index (κ3) is 2.55. The molecule has 1 aliphatic heterocycles. The van der Waals surface area contributed by atoms with Crippen LogP contribution in [0.1, 0.15) is 44.7 Å². The second-order valence-corrected chi connectivity index (χ2v) is 9.62. The first-order valence-corrected chi connectivity index (χ1v) is 11.3. The lowest BCUT2D eigenvalue weighted by Gasteiger charge is -2.53. The summed E-state index contributed by atoms with van der Waals surface area (Å²) in [4.78, 5) is 53.1. The number of phenols is 1. The highest BCUT2D eigenvalue weighted by Crippen LogP contribution is 2.61. The Bertz CT molecular complexity index is 1450. The zero-order chi connectivity index (χ0) is 24.7. The van der Waals surface area contributed by atoms with Crippen molar-refractivity contribution in [3.05, 3.63) is 67.5 Å². The summed E-state index contributed by atoms with van der Waals surface area (Å²) in [5.74, 6) is -1.57. The minimum Gasteiger partial charge on any atom is -0.504 e. The molecule has 9 nitrogen and oxygen atoms in total. The van der Waals surface area contributed by atoms with E-state index in [9.17, 15) is 24.3 Å². The van der Waals surface area contributed by atoms with Crippen LogP contribution in [0.4, 0.5) is 0 Å². The lowest BCUT2D eigenvalue weighted by atomic mass is 9.50. The first-order chi connectivity index (χ1) is 16.0. The number of aromatic nitrogens is 3. The maximum Gasteiger partial charge on any atom is 0.347 e. The van der Waals surface area contributed by atoms with Crippen molar-refractivity contribution in [2.75, 3.05) is 7.11 Å². The lowest BCUT2D eigenvalue weighted by Crippen LogP contribution is -2.55. The number of Topliss-reactive ketones (excluding diaryl/α,β-unsaturated/α-hetero) is 2. The van der Waals surface area contributed by atoms with Crippen molar-refractivity contribution >= 4 is 11.6 Å². The van der Waals surface area contributed by atoms with Crippen molar-refractivity contribution in [3.8, 4) is 11.5 Å². The number of aromatic hydroxyl groups is 1. The number of fused-ring (bicyclic) bond motifs is 4. The molecule has 0 unspecified atom stereocenters. The van der Waals surface area contributed by atoms with Crippen LogP contribution in [0.2, 0.25) is 0 Å². The summed E-state index contributed by atoms with van der Waals surface area (Å²) in [5.41, 5.74) is -0.0574. The van der Waals surface area contributed by atoms with Crippen molar-refractivity contribution in [3.63, 3.8) is 0 Å². The number of ether oxygens (including phenoxy) is 1. The minimum absolute atomic E-state index is 0.107. The molecule has 1 aromatic heterocycles. The Balaban J connectivity index is 1.84. The molecule has 0 spiro atoms. The highest BCUT2D eigenvalue weighted by atomic mass is 16.5. The average Bonchev–Trinajstić information content (AvgIpc) is 3.05. The van der Waals surface area contributed by atoms with Crippen LogP contribution in [-0.4, -0.2) is 37.7 Å². The molecule has 0 radical (unpaired) electrons. The van der Waals surface area contributed by atoms with Gasteiger partial charge in [0.15, 0.2) is 23.1 Å². The molecule has 34 heavy (non-hydrogen) atoms. The molecular formula is C25H27N3O6. The fraction of sp³-hybridized carbons (Fsp3) is 0.440. The number of phenolic OH excluding ortho intramolecular Hbond substituents is 1. The highest BCUT2D eigenvalue weighted by Gasteiger charge is 2.60. The van der Waals surface area contributed by atoms with Crippen LogP contribution in [0.15, 0.2) is 50.6 Å². The molecule has 5 rings (SSSR count). The largest absolute Gasteiger partial charge is 0.504 e. The van der Waals surface area contributed by atoms with Crippen LogP contribution in [0.3, 0.4) is 0 Å². The Morgan fingerprint density at radius 3 is 2.47 bits per heavy atom. The third-order valence-corrected chi connectivity index (χ3v) is 8.19. The second kappa shape index (κ2) is 7.19. The standard InChI is InChI=1S/C25H27N3O6/c1-12-13(2)22(31)25(3)16(20(12)29)11-17-14(9-10-27-23(32)26(4)24(33)28(17)27)19(25)15-7-6-8-18(34-5)21(15)30/h6-9,16-17,19,30H,10-11H2,1-5H3/t16-,17+,19+,25+/m0/s1. The predicted octanol–water partition coefficient (Wildman–Crippen LogP) is 1.84. The summed E-state index contributed by atoms with van der Waals surface area (Å²) < 4.78 is 9.14. The number of carbonyl (C=O) groups excluding carboxylic acids is 2. The van der Waals surface area contributed by atoms with E-state index < -0.39 is 34.7 Å². The number of allylic oxidation sites excluding steroid dienone is 4. The maximum absolute atomic E-state index is 13.9. The number of carbonyl (C=O) groups is 2. The van der Waals surface area contributed by atoms with Crippen molar-refractivity contribution in [1.82, 2.24) is 13.9 Å². The van der Waals surface area contributed by atoms with Gasteiger partial charge in [-0.3, -0.25) is 9.59 Å². The lowest BCUT2D eigenvalue weighted by molar-refractivity contribution is -0.140. The molecule has 2 aromatic rings. The van der Waals surface area contributed by atoms with Gasteiger partial charge in [-0.05, 0) is 43.1 Å². The summed E-state index contributed by atoms with van der Waals surface area (Å²) in [5, 5.41) is 11.1. The summed E-state index contributed by atoms with van der Waals surface area (Å²) in [7, 11) is 2.87. The number of hydrogen-bond acceptors (Lipinski definition) is 6. The minimum atomic E-state index is -1.17. The van der Waals surface area contributed by atoms with Gasteiger partial charge in [-0.15, -0.1) is 0 Å². The van der Waals surface area contributed by atoms with Gasteiger partial charge in [-0.25, -0.2) is 23.5 Å². The molecule has 2 heterocycles. The fourth-order valence-electron chi connectivity index (χ4n) is 6.23. The number of benzene rings is 1. The molecular weight excluding hydrogens is 438 g/mol. The van der Waals surface area contributed by atoms with Crippen molar-refractivity contribution in [2.24, 2.45) is 18.4 Å². The first-order valence-electron chi connectivity index (χ1n) is 11.3. The molecule has 1 N–H and O–H groups in total. The normalized spacial score (nSPS) is 28.3. The summed E-state index contributed by atoms with van der Waals surface area (Å²) in [6, 6.07) is 4.47. The topological polar surface area (TPSA) is 113 Å². The Labute approximate surface area is 195 Å². The van der Waals surface area contributed by atoms with Crippen molar-refractivity contribution < 1.29 is 19.4 Å². The molecule has 0 saturated heterocycles. The molecule has 2 aliphatic carbocycles. The Hall–Kier alpha value is -3.62. The predicted molar refractivity (Wildman–Crippen MR) is 123 cm³/mol. The van der Waals surface area contributed by atoms with E-state index in [0.717, 1.165) is 10.1 Å². The second-order valence-electron chi connectivity index (χ2n) is 9.62. The van der Waals surface area contributed by atoms with E-state index in [-0.39, 0.29) is 36.0 Å². The van der Waals surface area contributed by atoms with Gasteiger partial charge < -0.3 is 9.84 Å². The zero-order valence-electron chi connectivity index (χ0n) is 19.8. The van der Waals surface area contributed by atoms with E-state index in [1.54, 1.807) is 39.0 Å². The molecule has 0 bridgehead atoms. The van der Waals surface area contributed by atoms with Gasteiger partial charge in [0.1, 0.15) is 0 Å². The quantitative estimate of drug-likeness (QED) is 0.678. The van der Waals surface area contributed by atoms with E-state index >= 15 is 0 Å². The number of ketones is 2. The van der Waals surface area contributed by atoms with Crippen molar-refractivity contribution in [2.45, 2.75) is 45.7 Å². The molecule has 9 heteroatoms. The highest BCUT2D eigenvalue weighted by molar-refractivity contribution is 6.15. The van der Waals surface area contributed by atoms with Gasteiger partial charge in [0.2, 0.25) is 0 Å². The SMILES string of the molecule is COc1cccc([C@H]2C3=CCn4c(=O)n(C)c(=O)n4[C@@H]3C[C@H]3C(=O)C(C)=C(C)C(=O)[C@@]23C)c1O. The van der Waals surface area contributed by atoms with Gasteiger partial charge in [-0.1, -0.05) is 25.1 Å². The van der Waals surface area contributed by atoms with Gasteiger partial charge >= 0.3 is 11.4 Å². The molecule has 0 amide bonds. The first kappa shape index (κ1) is 22.2. The van der Waals surface area contributed by atoms with Crippen LogP contribution in [-0.2, 0) is 23.2 Å². The van der Waals surface area contributed by atoms with E-state index in [1.807, 2.05) is 6.08 Å². The Morgan fingerprint density at radius 2 is 1.79 bits per heavy atom. The maximum atomic E-state index is 13.9. The number of rotatable bonds is 2. The van der Waals surface area contributed by atoms with Gasteiger partial charge in [0.05, 0.1) is 25.1 Å². The third-order valence-electron chi connectivity index (χ3n) is 8.19. The molecule has 3 aliphatic rings. The molecule has 178 valence electrons. The zero-order valence-corrected chi connectivity index (χ0v) is 19.8. The summed E-state index contributed by atoms with van der Waals surface area (Å²) in [6.45, 7) is 5.26. The van der Waals surface area contributed by atoms with E-state index in [2.05, 4.69) is 0 Å². The molecule has 1 aromatic carbocycles. The van der Waals surface area contributed by atoms with Crippen LogP contribution >= 0.6 is 0 Å². The monoisotopic (exact) mass is 465 g/mol. The van der Waals surface area contributed by atoms with Gasteiger partial charge in [0, 0.05) is 24.4 Å². The van der Waals surface area contributed by atoms with Crippen LogP contribution in [0.25, 0.3) is 0 Å². The number of hydrogen-bond donors (Lipinski definition) is 1. The van der Waals surface area contributed by atoms with E-state index in [1.165, 1.54) is 23.5 Å². The van der Waals surface area contributed by atoms with Gasteiger partial charge in [-0.2, -0.15) is 0 Å². The van der Waals surface area contributed by atoms with E-state index in [0.29, 0.717) is 16.7 Å². The Morgan fingerprint density at radius 1 is 1.09 bits per heavy atom. The summed E-state index contributed by atoms with van der Waals surface area (Å²) >= 11 is 0. The molecule has 1 fully saturated rings. The molecule has 4 atom stereocenters. The average molecular weight is 466 g/mol. The van der Waals surface area contributed by atoms with Gasteiger partial charge in [0.25, 0.3) is 0 Å². The van der Waals surface area contributed by atoms with E-state index in [4.69, 9.17) is 4.74 Å². The van der Waals surface area contributed by atoms with Crippen LogP contribution in [0, 0.1) is 11.3 Å². The number of para-hydroxylation sites is 1. The molecule has 1 saturated carbocycles. The number of methoxy groups -OCH3 is 1. The number of nitrogens with zero attached hydrogens (tertiary/aromatic N) is 3. The summed E-state index contributed by atoms with van der Waals surface area (Å²) in [6.07, 6.45) is 2.07. The van der Waals surface area contributed by atoms with Crippen LogP contribution in [0.5, 0.6) is 11.5 Å². The fourth-order valence-corrected chi connectivity index (χ4v) is 6.23. The van der Waals surface area contributed by atoms with Crippen molar-refractivity contribution in [1.29, 1.82) is 0 Å².